The van der Waals surface area contributed by atoms with Gasteiger partial charge in [0.1, 0.15) is 11.5 Å². The van der Waals surface area contributed by atoms with E-state index in [2.05, 4.69) is 15.1 Å². The van der Waals surface area contributed by atoms with E-state index in [1.54, 1.807) is 23.0 Å². The lowest BCUT2D eigenvalue weighted by Crippen LogP contribution is -1.98. The predicted molar refractivity (Wildman–Crippen MR) is 68.6 cm³/mol. The normalized spacial score (nSPS) is 10.8. The standard InChI is InChI=1S/C12H7ClN4O2/c13-10-9-5-17(16-11(9)15-6-14-10)8-3-1-7(2-4-8)12(18)19/h1-6H,(H,18,19). The van der Waals surface area contributed by atoms with Crippen LogP contribution in [0.5, 0.6) is 0 Å². The van der Waals surface area contributed by atoms with Crippen LogP contribution in [-0.4, -0.2) is 30.8 Å². The summed E-state index contributed by atoms with van der Waals surface area (Å²) in [6.45, 7) is 0. The molecular formula is C12H7ClN4O2. The van der Waals surface area contributed by atoms with Gasteiger partial charge in [0.2, 0.25) is 0 Å². The number of aromatic nitrogens is 4. The minimum Gasteiger partial charge on any atom is -0.478 e. The summed E-state index contributed by atoms with van der Waals surface area (Å²) in [4.78, 5) is 18.7. The second-order valence-corrected chi connectivity index (χ2v) is 4.19. The molecule has 0 aliphatic carbocycles. The molecule has 6 nitrogen and oxygen atoms in total. The Bertz CT molecular complexity index is 767. The Morgan fingerprint density at radius 3 is 2.58 bits per heavy atom. The van der Waals surface area contributed by atoms with Crippen LogP contribution >= 0.6 is 11.6 Å². The SMILES string of the molecule is O=C(O)c1ccc(-n2cc3c(Cl)ncnc3n2)cc1. The molecule has 0 fully saturated rings. The fourth-order valence-corrected chi connectivity index (χ4v) is 1.88. The van der Waals surface area contributed by atoms with Crippen molar-refractivity contribution in [3.8, 4) is 5.69 Å². The number of fused-ring (bicyclic) bond motifs is 1. The molecule has 0 aliphatic rings. The Morgan fingerprint density at radius 2 is 1.95 bits per heavy atom. The minimum atomic E-state index is -0.967. The summed E-state index contributed by atoms with van der Waals surface area (Å²) in [7, 11) is 0. The highest BCUT2D eigenvalue weighted by Gasteiger charge is 2.08. The number of aromatic carboxylic acids is 1. The smallest absolute Gasteiger partial charge is 0.335 e. The molecule has 1 N–H and O–H groups in total. The topological polar surface area (TPSA) is 80.9 Å². The van der Waals surface area contributed by atoms with E-state index >= 15 is 0 Å². The number of carbonyl (C=O) groups is 1. The number of hydrogen-bond donors (Lipinski definition) is 1. The van der Waals surface area contributed by atoms with Crippen molar-refractivity contribution in [1.29, 1.82) is 0 Å². The molecule has 1 aromatic carbocycles. The van der Waals surface area contributed by atoms with Crippen LogP contribution in [-0.2, 0) is 0 Å². The second kappa shape index (κ2) is 4.33. The molecule has 0 bridgehead atoms. The number of rotatable bonds is 2. The maximum absolute atomic E-state index is 10.8. The van der Waals surface area contributed by atoms with Crippen molar-refractivity contribution in [2.45, 2.75) is 0 Å². The maximum Gasteiger partial charge on any atom is 0.335 e. The van der Waals surface area contributed by atoms with Crippen LogP contribution in [0.4, 0.5) is 0 Å². The Balaban J connectivity index is 2.09. The molecule has 3 aromatic rings. The zero-order valence-electron chi connectivity index (χ0n) is 9.49. The summed E-state index contributed by atoms with van der Waals surface area (Å²) in [6.07, 6.45) is 3.04. The van der Waals surface area contributed by atoms with Gasteiger partial charge in [0.15, 0.2) is 5.65 Å². The molecule has 0 saturated heterocycles. The molecule has 0 spiro atoms. The van der Waals surface area contributed by atoms with E-state index in [0.29, 0.717) is 16.2 Å². The lowest BCUT2D eigenvalue weighted by atomic mass is 10.2. The lowest BCUT2D eigenvalue weighted by Gasteiger charge is -2.00. The molecule has 0 radical (unpaired) electrons. The Morgan fingerprint density at radius 1 is 1.21 bits per heavy atom. The first-order chi connectivity index (χ1) is 9.15. The summed E-state index contributed by atoms with van der Waals surface area (Å²) in [5, 5.41) is 14.1. The third-order valence-electron chi connectivity index (χ3n) is 2.65. The molecule has 0 atom stereocenters. The van der Waals surface area contributed by atoms with Crippen molar-refractivity contribution in [2.24, 2.45) is 0 Å². The fourth-order valence-electron chi connectivity index (χ4n) is 1.70. The largest absolute Gasteiger partial charge is 0.478 e. The Hall–Kier alpha value is -2.47. The summed E-state index contributed by atoms with van der Waals surface area (Å²) >= 11 is 5.94. The summed E-state index contributed by atoms with van der Waals surface area (Å²) in [5.74, 6) is -0.967. The first kappa shape index (κ1) is 11.6. The number of benzene rings is 1. The molecule has 0 unspecified atom stereocenters. The number of carboxylic acids is 1. The van der Waals surface area contributed by atoms with Gasteiger partial charge in [0.05, 0.1) is 16.6 Å². The van der Waals surface area contributed by atoms with E-state index < -0.39 is 5.97 Å². The summed E-state index contributed by atoms with van der Waals surface area (Å²) in [6, 6.07) is 6.35. The van der Waals surface area contributed by atoms with Crippen LogP contribution in [0, 0.1) is 0 Å². The first-order valence-corrected chi connectivity index (χ1v) is 5.72. The molecule has 94 valence electrons. The molecule has 19 heavy (non-hydrogen) atoms. The summed E-state index contributed by atoms with van der Waals surface area (Å²) < 4.78 is 1.58. The Labute approximate surface area is 112 Å². The van der Waals surface area contributed by atoms with Crippen molar-refractivity contribution in [1.82, 2.24) is 19.7 Å². The summed E-state index contributed by atoms with van der Waals surface area (Å²) in [5.41, 5.74) is 1.43. The molecule has 2 aromatic heterocycles. The average Bonchev–Trinajstić information content (AvgIpc) is 2.84. The molecule has 3 rings (SSSR count). The van der Waals surface area contributed by atoms with Gasteiger partial charge in [0.25, 0.3) is 0 Å². The van der Waals surface area contributed by atoms with Crippen LogP contribution in [0.15, 0.2) is 36.8 Å². The Kier molecular flexibility index (Phi) is 2.64. The van der Waals surface area contributed by atoms with Crippen LogP contribution < -0.4 is 0 Å². The minimum absolute atomic E-state index is 0.221. The average molecular weight is 275 g/mol. The van der Waals surface area contributed by atoms with Gasteiger partial charge in [-0.3, -0.25) is 0 Å². The van der Waals surface area contributed by atoms with E-state index in [1.165, 1.54) is 18.5 Å². The van der Waals surface area contributed by atoms with Gasteiger partial charge in [-0.05, 0) is 24.3 Å². The van der Waals surface area contributed by atoms with Gasteiger partial charge in [0, 0.05) is 6.20 Å². The van der Waals surface area contributed by atoms with Crippen LogP contribution in [0.2, 0.25) is 5.15 Å². The van der Waals surface area contributed by atoms with E-state index in [-0.39, 0.29) is 5.56 Å². The highest BCUT2D eigenvalue weighted by molar-refractivity contribution is 6.33. The van der Waals surface area contributed by atoms with Crippen molar-refractivity contribution in [2.75, 3.05) is 0 Å². The van der Waals surface area contributed by atoms with E-state index in [4.69, 9.17) is 16.7 Å². The highest BCUT2D eigenvalue weighted by atomic mass is 35.5. The monoisotopic (exact) mass is 274 g/mol. The molecule has 0 amide bonds. The third-order valence-corrected chi connectivity index (χ3v) is 2.95. The van der Waals surface area contributed by atoms with Crippen molar-refractivity contribution in [3.63, 3.8) is 0 Å². The zero-order chi connectivity index (χ0) is 13.4. The first-order valence-electron chi connectivity index (χ1n) is 5.35. The number of nitrogens with zero attached hydrogens (tertiary/aromatic N) is 4. The molecule has 7 heteroatoms. The van der Waals surface area contributed by atoms with Crippen molar-refractivity contribution < 1.29 is 9.90 Å². The van der Waals surface area contributed by atoms with E-state index in [9.17, 15) is 4.79 Å². The van der Waals surface area contributed by atoms with Gasteiger partial charge in [-0.25, -0.2) is 19.4 Å². The van der Waals surface area contributed by atoms with Gasteiger partial charge in [-0.2, -0.15) is 0 Å². The predicted octanol–water partition coefficient (Wildman–Crippen LogP) is 2.17. The van der Waals surface area contributed by atoms with Gasteiger partial charge in [-0.1, -0.05) is 11.6 Å². The molecule has 0 aliphatic heterocycles. The van der Waals surface area contributed by atoms with Gasteiger partial charge in [-0.15, -0.1) is 5.10 Å². The van der Waals surface area contributed by atoms with Gasteiger partial charge >= 0.3 is 5.97 Å². The number of hydrogen-bond acceptors (Lipinski definition) is 4. The quantitative estimate of drug-likeness (QED) is 0.724. The second-order valence-electron chi connectivity index (χ2n) is 3.83. The van der Waals surface area contributed by atoms with E-state index in [1.807, 2.05) is 0 Å². The van der Waals surface area contributed by atoms with Crippen molar-refractivity contribution in [3.05, 3.63) is 47.5 Å². The molecule has 2 heterocycles. The number of carboxylic acid groups (broad SMARTS) is 1. The third kappa shape index (κ3) is 2.02. The van der Waals surface area contributed by atoms with Crippen LogP contribution in [0.3, 0.4) is 0 Å². The molecule has 0 saturated carbocycles. The number of halogens is 1. The zero-order valence-corrected chi connectivity index (χ0v) is 10.2. The van der Waals surface area contributed by atoms with Crippen LogP contribution in [0.1, 0.15) is 10.4 Å². The van der Waals surface area contributed by atoms with E-state index in [0.717, 1.165) is 5.69 Å². The highest BCUT2D eigenvalue weighted by Crippen LogP contribution is 2.19. The maximum atomic E-state index is 10.8. The van der Waals surface area contributed by atoms with Crippen LogP contribution in [0.25, 0.3) is 16.7 Å². The lowest BCUT2D eigenvalue weighted by molar-refractivity contribution is 0.0697. The molecular weight excluding hydrogens is 268 g/mol. The van der Waals surface area contributed by atoms with Crippen molar-refractivity contribution >= 4 is 28.6 Å². The van der Waals surface area contributed by atoms with Gasteiger partial charge < -0.3 is 5.11 Å². The fraction of sp³-hybridized carbons (Fsp3) is 0.